The van der Waals surface area contributed by atoms with Gasteiger partial charge in [-0.3, -0.25) is 4.99 Å². The second kappa shape index (κ2) is 12.0. The number of ether oxygens (including phenoxy) is 1. The Morgan fingerprint density at radius 2 is 1.89 bits per heavy atom. The maximum Gasteiger partial charge on any atom is 0.257 e. The predicted molar refractivity (Wildman–Crippen MR) is 123 cm³/mol. The van der Waals surface area contributed by atoms with Crippen LogP contribution in [0.25, 0.3) is 11.5 Å². The molecule has 7 nitrogen and oxygen atoms in total. The monoisotopic (exact) mass is 501 g/mol. The molecule has 0 saturated carbocycles. The van der Waals surface area contributed by atoms with E-state index in [-0.39, 0.29) is 29.6 Å². The molecule has 0 fully saturated rings. The molecular weight excluding hydrogens is 469 g/mol. The van der Waals surface area contributed by atoms with E-state index in [1.54, 1.807) is 7.11 Å². The highest BCUT2D eigenvalue weighted by Crippen LogP contribution is 2.18. The first-order valence-electron chi connectivity index (χ1n) is 9.46. The summed E-state index contributed by atoms with van der Waals surface area (Å²) < 4.78 is 10.7. The van der Waals surface area contributed by atoms with E-state index in [1.807, 2.05) is 32.9 Å². The van der Waals surface area contributed by atoms with Gasteiger partial charge in [-0.05, 0) is 44.9 Å². The normalized spacial score (nSPS) is 11.8. The average molecular weight is 501 g/mol. The van der Waals surface area contributed by atoms with E-state index in [1.165, 1.54) is 5.56 Å². The number of nitrogens with one attached hydrogen (secondary N) is 2. The van der Waals surface area contributed by atoms with Gasteiger partial charge in [0.2, 0.25) is 0 Å². The zero-order valence-electron chi connectivity index (χ0n) is 17.4. The highest BCUT2D eigenvalue weighted by molar-refractivity contribution is 14.0. The maximum absolute atomic E-state index is 5.42. The number of benzene rings is 1. The number of rotatable bonds is 9. The van der Waals surface area contributed by atoms with Gasteiger partial charge in [-0.25, -0.2) is 0 Å². The number of guanidine groups is 1. The second-order valence-corrected chi connectivity index (χ2v) is 6.90. The van der Waals surface area contributed by atoms with Crippen molar-refractivity contribution in [1.82, 2.24) is 20.8 Å². The Hall–Kier alpha value is -1.68. The van der Waals surface area contributed by atoms with Crippen molar-refractivity contribution in [2.75, 3.05) is 26.7 Å². The van der Waals surface area contributed by atoms with E-state index >= 15 is 0 Å². The Morgan fingerprint density at radius 1 is 1.18 bits per heavy atom. The first-order chi connectivity index (χ1) is 13.0. The van der Waals surface area contributed by atoms with Crippen LogP contribution >= 0.6 is 24.0 Å². The SMILES string of the molecule is CCNC(=NCC(C)(C)OC)NCCc1ccc(-c2nc(CC)no2)cc1.I. The number of methoxy groups -OCH3 is 1. The summed E-state index contributed by atoms with van der Waals surface area (Å²) in [5, 5.41) is 10.6. The molecular formula is C20H32IN5O2. The van der Waals surface area contributed by atoms with Gasteiger partial charge in [-0.1, -0.05) is 24.2 Å². The topological polar surface area (TPSA) is 84.6 Å². The molecule has 0 atom stereocenters. The molecule has 0 aliphatic rings. The lowest BCUT2D eigenvalue weighted by molar-refractivity contribution is 0.0310. The Bertz CT molecular complexity index is 728. The molecule has 1 aromatic heterocycles. The van der Waals surface area contributed by atoms with Gasteiger partial charge in [0.15, 0.2) is 11.8 Å². The van der Waals surface area contributed by atoms with E-state index in [0.29, 0.717) is 12.4 Å². The molecule has 0 radical (unpaired) electrons. The summed E-state index contributed by atoms with van der Waals surface area (Å²) >= 11 is 0. The minimum absolute atomic E-state index is 0. The molecule has 2 aromatic rings. The number of halogens is 1. The molecule has 2 N–H and O–H groups in total. The van der Waals surface area contributed by atoms with E-state index in [9.17, 15) is 0 Å². The lowest BCUT2D eigenvalue weighted by atomic mass is 10.1. The minimum atomic E-state index is -0.273. The summed E-state index contributed by atoms with van der Waals surface area (Å²) in [7, 11) is 1.71. The summed E-state index contributed by atoms with van der Waals surface area (Å²) in [5.74, 6) is 2.10. The van der Waals surface area contributed by atoms with E-state index in [2.05, 4.69) is 44.8 Å². The van der Waals surface area contributed by atoms with E-state index < -0.39 is 0 Å². The molecule has 0 bridgehead atoms. The molecule has 0 spiro atoms. The van der Waals surface area contributed by atoms with Crippen LogP contribution in [0.15, 0.2) is 33.8 Å². The third-order valence-electron chi connectivity index (χ3n) is 4.21. The molecule has 28 heavy (non-hydrogen) atoms. The zero-order valence-corrected chi connectivity index (χ0v) is 19.7. The summed E-state index contributed by atoms with van der Waals surface area (Å²) in [6.07, 6.45) is 1.66. The molecule has 0 aliphatic carbocycles. The van der Waals surface area contributed by atoms with Gasteiger partial charge in [0.05, 0.1) is 12.1 Å². The summed E-state index contributed by atoms with van der Waals surface area (Å²) in [6, 6.07) is 8.21. The van der Waals surface area contributed by atoms with Gasteiger partial charge in [0, 0.05) is 32.2 Å². The number of nitrogens with zero attached hydrogens (tertiary/aromatic N) is 3. The fourth-order valence-corrected chi connectivity index (χ4v) is 2.33. The van der Waals surface area contributed by atoms with Gasteiger partial charge in [-0.15, -0.1) is 24.0 Å². The van der Waals surface area contributed by atoms with Crippen LogP contribution in [0, 0.1) is 0 Å². The lowest BCUT2D eigenvalue weighted by Gasteiger charge is -2.21. The Balaban J connectivity index is 0.00000392. The number of aromatic nitrogens is 2. The van der Waals surface area contributed by atoms with Gasteiger partial charge < -0.3 is 19.9 Å². The zero-order chi connectivity index (χ0) is 19.7. The first kappa shape index (κ1) is 24.4. The molecule has 0 aliphatic heterocycles. The first-order valence-corrected chi connectivity index (χ1v) is 9.46. The van der Waals surface area contributed by atoms with E-state index in [4.69, 9.17) is 9.26 Å². The molecule has 156 valence electrons. The average Bonchev–Trinajstić information content (AvgIpc) is 3.16. The molecule has 0 unspecified atom stereocenters. The minimum Gasteiger partial charge on any atom is -0.377 e. The van der Waals surface area contributed by atoms with Crippen molar-refractivity contribution < 1.29 is 9.26 Å². The van der Waals surface area contributed by atoms with Gasteiger partial charge in [-0.2, -0.15) is 4.98 Å². The van der Waals surface area contributed by atoms with Crippen molar-refractivity contribution in [1.29, 1.82) is 0 Å². The Morgan fingerprint density at radius 3 is 2.46 bits per heavy atom. The highest BCUT2D eigenvalue weighted by atomic mass is 127. The molecule has 0 amide bonds. The van der Waals surface area contributed by atoms with Gasteiger partial charge in [0.25, 0.3) is 5.89 Å². The summed E-state index contributed by atoms with van der Waals surface area (Å²) in [4.78, 5) is 8.95. The maximum atomic E-state index is 5.42. The standard InChI is InChI=1S/C20H31N5O2.HI/c1-6-17-24-18(27-25-17)16-10-8-15(9-11-16)12-13-22-19(21-7-2)23-14-20(3,4)26-5;/h8-11H,6-7,12-14H2,1-5H3,(H2,21,22,23);1H. The van der Waals surface area contributed by atoms with Crippen molar-refractivity contribution in [2.45, 2.75) is 46.1 Å². The van der Waals surface area contributed by atoms with Crippen LogP contribution in [0.2, 0.25) is 0 Å². The van der Waals surface area contributed by atoms with Crippen LogP contribution in [0.1, 0.15) is 39.1 Å². The van der Waals surface area contributed by atoms with E-state index in [0.717, 1.165) is 43.3 Å². The second-order valence-electron chi connectivity index (χ2n) is 6.90. The largest absolute Gasteiger partial charge is 0.377 e. The molecule has 1 heterocycles. The molecule has 8 heteroatoms. The third kappa shape index (κ3) is 7.75. The van der Waals surface area contributed by atoms with Crippen LogP contribution in [0.3, 0.4) is 0 Å². The number of hydrogen-bond donors (Lipinski definition) is 2. The summed E-state index contributed by atoms with van der Waals surface area (Å²) in [6.45, 7) is 10.3. The molecule has 1 aromatic carbocycles. The number of aliphatic imine (C=N–C) groups is 1. The lowest BCUT2D eigenvalue weighted by Crippen LogP contribution is -2.40. The third-order valence-corrected chi connectivity index (χ3v) is 4.21. The highest BCUT2D eigenvalue weighted by Gasteiger charge is 2.15. The van der Waals surface area contributed by atoms with Gasteiger partial charge in [0.1, 0.15) is 0 Å². The fraction of sp³-hybridized carbons (Fsp3) is 0.550. The van der Waals surface area contributed by atoms with Crippen molar-refractivity contribution in [2.24, 2.45) is 4.99 Å². The fourth-order valence-electron chi connectivity index (χ4n) is 2.33. The van der Waals surface area contributed by atoms with Crippen molar-refractivity contribution in [3.63, 3.8) is 0 Å². The van der Waals surface area contributed by atoms with Crippen LogP contribution < -0.4 is 10.6 Å². The quantitative estimate of drug-likeness (QED) is 0.311. The van der Waals surface area contributed by atoms with Crippen LogP contribution in [0.5, 0.6) is 0 Å². The Labute approximate surface area is 184 Å². The van der Waals surface area contributed by atoms with Crippen LogP contribution in [-0.2, 0) is 17.6 Å². The Kier molecular flexibility index (Phi) is 10.4. The van der Waals surface area contributed by atoms with Crippen molar-refractivity contribution in [3.05, 3.63) is 35.7 Å². The van der Waals surface area contributed by atoms with Crippen molar-refractivity contribution >= 4 is 29.9 Å². The summed E-state index contributed by atoms with van der Waals surface area (Å²) in [5.41, 5.74) is 1.90. The number of aryl methyl sites for hydroxylation is 1. The molecule has 2 rings (SSSR count). The number of hydrogen-bond acceptors (Lipinski definition) is 5. The van der Waals surface area contributed by atoms with Crippen LogP contribution in [0.4, 0.5) is 0 Å². The van der Waals surface area contributed by atoms with Crippen molar-refractivity contribution in [3.8, 4) is 11.5 Å². The predicted octanol–water partition coefficient (Wildman–Crippen LogP) is 3.44. The van der Waals surface area contributed by atoms with Gasteiger partial charge >= 0.3 is 0 Å². The van der Waals surface area contributed by atoms with Crippen LogP contribution in [-0.4, -0.2) is 48.4 Å². The smallest absolute Gasteiger partial charge is 0.257 e. The molecule has 0 saturated heterocycles.